The lowest BCUT2D eigenvalue weighted by Gasteiger charge is -2.03. The van der Waals surface area contributed by atoms with Crippen LogP contribution in [0.2, 0.25) is 0 Å². The van der Waals surface area contributed by atoms with Gasteiger partial charge in [0.05, 0.1) is 19.0 Å². The summed E-state index contributed by atoms with van der Waals surface area (Å²) in [6, 6.07) is 11.2. The molecular formula is C18H18N4O2. The maximum atomic E-state index is 12.4. The van der Waals surface area contributed by atoms with E-state index in [0.29, 0.717) is 11.4 Å². The summed E-state index contributed by atoms with van der Waals surface area (Å²) >= 11 is 0. The Morgan fingerprint density at radius 1 is 1.21 bits per heavy atom. The van der Waals surface area contributed by atoms with Crippen LogP contribution in [0.15, 0.2) is 47.7 Å². The van der Waals surface area contributed by atoms with Crippen LogP contribution >= 0.6 is 0 Å². The normalized spacial score (nSPS) is 11.1. The molecule has 3 aromatic rings. The number of hydrazone groups is 1. The van der Waals surface area contributed by atoms with Crippen LogP contribution in [0.25, 0.3) is 5.65 Å². The van der Waals surface area contributed by atoms with Crippen molar-refractivity contribution in [3.05, 3.63) is 65.1 Å². The fraction of sp³-hybridized carbons (Fsp3) is 0.167. The number of carbonyl (C=O) groups is 1. The minimum Gasteiger partial charge on any atom is -0.497 e. The molecule has 0 spiro atoms. The molecule has 122 valence electrons. The number of methoxy groups -OCH3 is 1. The lowest BCUT2D eigenvalue weighted by atomic mass is 10.2. The largest absolute Gasteiger partial charge is 0.497 e. The van der Waals surface area contributed by atoms with Crippen LogP contribution in [0, 0.1) is 13.8 Å². The molecule has 0 radical (unpaired) electrons. The minimum absolute atomic E-state index is 0.296. The summed E-state index contributed by atoms with van der Waals surface area (Å²) in [6.45, 7) is 3.78. The third kappa shape index (κ3) is 3.12. The third-order valence-corrected chi connectivity index (χ3v) is 3.65. The highest BCUT2D eigenvalue weighted by molar-refractivity contribution is 5.95. The first-order valence-electron chi connectivity index (χ1n) is 7.51. The van der Waals surface area contributed by atoms with Crippen molar-refractivity contribution in [2.45, 2.75) is 13.8 Å². The number of carbonyl (C=O) groups excluding carboxylic acids is 1. The van der Waals surface area contributed by atoms with E-state index in [1.54, 1.807) is 17.7 Å². The molecule has 6 heteroatoms. The van der Waals surface area contributed by atoms with Crippen LogP contribution in [0.5, 0.6) is 5.75 Å². The SMILES string of the molecule is COc1ccc(/C=N\NC(=O)c2c(C)nc3ccc(C)cn23)cc1. The molecular weight excluding hydrogens is 304 g/mol. The van der Waals surface area contributed by atoms with Crippen molar-refractivity contribution in [1.82, 2.24) is 14.8 Å². The number of amides is 1. The van der Waals surface area contributed by atoms with Crippen LogP contribution in [0.1, 0.15) is 27.3 Å². The molecule has 0 saturated heterocycles. The minimum atomic E-state index is -0.296. The molecule has 1 amide bonds. The van der Waals surface area contributed by atoms with E-state index in [1.807, 2.05) is 56.4 Å². The van der Waals surface area contributed by atoms with Gasteiger partial charge in [0.1, 0.15) is 17.1 Å². The summed E-state index contributed by atoms with van der Waals surface area (Å²) in [5, 5.41) is 4.02. The number of nitrogens with one attached hydrogen (secondary N) is 1. The van der Waals surface area contributed by atoms with Gasteiger partial charge in [0.15, 0.2) is 0 Å². The molecule has 0 unspecified atom stereocenters. The van der Waals surface area contributed by atoms with Gasteiger partial charge in [-0.2, -0.15) is 5.10 Å². The second kappa shape index (κ2) is 6.54. The Kier molecular flexibility index (Phi) is 4.29. The Hall–Kier alpha value is -3.15. The van der Waals surface area contributed by atoms with Gasteiger partial charge in [-0.3, -0.25) is 9.20 Å². The average Bonchev–Trinajstić information content (AvgIpc) is 2.90. The molecule has 0 aliphatic rings. The van der Waals surface area contributed by atoms with E-state index in [9.17, 15) is 4.79 Å². The molecule has 0 aliphatic heterocycles. The second-order valence-corrected chi connectivity index (χ2v) is 5.45. The highest BCUT2D eigenvalue weighted by Gasteiger charge is 2.15. The van der Waals surface area contributed by atoms with E-state index in [2.05, 4.69) is 15.5 Å². The summed E-state index contributed by atoms with van der Waals surface area (Å²) in [4.78, 5) is 16.8. The first-order chi connectivity index (χ1) is 11.6. The monoisotopic (exact) mass is 322 g/mol. The summed E-state index contributed by atoms with van der Waals surface area (Å²) in [6.07, 6.45) is 3.47. The Balaban J connectivity index is 1.78. The second-order valence-electron chi connectivity index (χ2n) is 5.45. The van der Waals surface area contributed by atoms with Gasteiger partial charge in [-0.15, -0.1) is 0 Å². The molecule has 2 aromatic heterocycles. The molecule has 6 nitrogen and oxygen atoms in total. The first kappa shape index (κ1) is 15.7. The fourth-order valence-electron chi connectivity index (χ4n) is 2.45. The molecule has 2 heterocycles. The molecule has 3 rings (SSSR count). The zero-order chi connectivity index (χ0) is 17.1. The molecule has 0 bridgehead atoms. The zero-order valence-corrected chi connectivity index (χ0v) is 13.8. The van der Waals surface area contributed by atoms with E-state index in [0.717, 1.165) is 22.5 Å². The van der Waals surface area contributed by atoms with Crippen LogP contribution in [0.4, 0.5) is 0 Å². The van der Waals surface area contributed by atoms with Crippen molar-refractivity contribution in [3.8, 4) is 5.75 Å². The lowest BCUT2D eigenvalue weighted by Crippen LogP contribution is -2.20. The first-order valence-corrected chi connectivity index (χ1v) is 7.51. The number of nitrogens with zero attached hydrogens (tertiary/aromatic N) is 3. The number of imidazole rings is 1. The summed E-state index contributed by atoms with van der Waals surface area (Å²) in [7, 11) is 1.61. The highest BCUT2D eigenvalue weighted by Crippen LogP contribution is 2.13. The van der Waals surface area contributed by atoms with Gasteiger partial charge >= 0.3 is 0 Å². The quantitative estimate of drug-likeness (QED) is 0.593. The highest BCUT2D eigenvalue weighted by atomic mass is 16.5. The van der Waals surface area contributed by atoms with Gasteiger partial charge in [-0.1, -0.05) is 6.07 Å². The van der Waals surface area contributed by atoms with Crippen molar-refractivity contribution in [2.75, 3.05) is 7.11 Å². The molecule has 1 N–H and O–H groups in total. The van der Waals surface area contributed by atoms with Crippen LogP contribution < -0.4 is 10.2 Å². The van der Waals surface area contributed by atoms with Crippen LogP contribution in [-0.2, 0) is 0 Å². The number of hydrogen-bond donors (Lipinski definition) is 1. The van der Waals surface area contributed by atoms with Crippen molar-refractivity contribution in [1.29, 1.82) is 0 Å². The predicted octanol–water partition coefficient (Wildman–Crippen LogP) is 2.72. The Bertz CT molecular complexity index is 911. The van der Waals surface area contributed by atoms with Gasteiger partial charge in [0, 0.05) is 6.20 Å². The number of pyridine rings is 1. The molecule has 0 aliphatic carbocycles. The van der Waals surface area contributed by atoms with Gasteiger partial charge in [-0.05, 0) is 55.3 Å². The predicted molar refractivity (Wildman–Crippen MR) is 92.7 cm³/mol. The van der Waals surface area contributed by atoms with E-state index in [4.69, 9.17) is 4.74 Å². The zero-order valence-electron chi connectivity index (χ0n) is 13.8. The van der Waals surface area contributed by atoms with Gasteiger partial charge in [-0.25, -0.2) is 10.4 Å². The maximum Gasteiger partial charge on any atom is 0.290 e. The average molecular weight is 322 g/mol. The Morgan fingerprint density at radius 2 is 1.96 bits per heavy atom. The van der Waals surface area contributed by atoms with E-state index < -0.39 is 0 Å². The lowest BCUT2D eigenvalue weighted by molar-refractivity contribution is 0.0948. The number of aromatic nitrogens is 2. The van der Waals surface area contributed by atoms with Gasteiger partial charge < -0.3 is 4.74 Å². The van der Waals surface area contributed by atoms with Gasteiger partial charge in [0.25, 0.3) is 5.91 Å². The van der Waals surface area contributed by atoms with Crippen molar-refractivity contribution < 1.29 is 9.53 Å². The topological polar surface area (TPSA) is 68.0 Å². The van der Waals surface area contributed by atoms with Crippen molar-refractivity contribution in [2.24, 2.45) is 5.10 Å². The van der Waals surface area contributed by atoms with Crippen LogP contribution in [-0.4, -0.2) is 28.6 Å². The molecule has 0 fully saturated rings. The number of aryl methyl sites for hydroxylation is 2. The standard InChI is InChI=1S/C18H18N4O2/c1-12-4-9-16-20-13(2)17(22(16)11-12)18(23)21-19-10-14-5-7-15(24-3)8-6-14/h4-11H,1-3H3,(H,21,23)/b19-10-. The van der Waals surface area contributed by atoms with Crippen molar-refractivity contribution in [3.63, 3.8) is 0 Å². The van der Waals surface area contributed by atoms with Crippen LogP contribution in [0.3, 0.4) is 0 Å². The molecule has 0 atom stereocenters. The maximum absolute atomic E-state index is 12.4. The Morgan fingerprint density at radius 3 is 2.67 bits per heavy atom. The van der Waals surface area contributed by atoms with E-state index >= 15 is 0 Å². The summed E-state index contributed by atoms with van der Waals surface area (Å²) in [5.74, 6) is 0.475. The number of fused-ring (bicyclic) bond motifs is 1. The van der Waals surface area contributed by atoms with E-state index in [1.165, 1.54) is 0 Å². The number of ether oxygens (including phenoxy) is 1. The fourth-order valence-corrected chi connectivity index (χ4v) is 2.45. The molecule has 0 saturated carbocycles. The summed E-state index contributed by atoms with van der Waals surface area (Å²) in [5.41, 5.74) is 6.36. The smallest absolute Gasteiger partial charge is 0.290 e. The number of benzene rings is 1. The van der Waals surface area contributed by atoms with Gasteiger partial charge in [0.2, 0.25) is 0 Å². The van der Waals surface area contributed by atoms with Crippen molar-refractivity contribution >= 4 is 17.8 Å². The molecule has 24 heavy (non-hydrogen) atoms. The summed E-state index contributed by atoms with van der Waals surface area (Å²) < 4.78 is 6.88. The Labute approximate surface area is 139 Å². The number of hydrogen-bond acceptors (Lipinski definition) is 4. The number of rotatable bonds is 4. The third-order valence-electron chi connectivity index (χ3n) is 3.65. The molecule has 1 aromatic carbocycles. The van der Waals surface area contributed by atoms with E-state index in [-0.39, 0.29) is 5.91 Å².